The third-order valence-corrected chi connectivity index (χ3v) is 7.58. The van der Waals surface area contributed by atoms with Gasteiger partial charge in [-0.2, -0.15) is 0 Å². The van der Waals surface area contributed by atoms with Crippen LogP contribution in [0.25, 0.3) is 0 Å². The van der Waals surface area contributed by atoms with E-state index in [1.165, 1.54) is 0 Å². The number of esters is 1. The fourth-order valence-electron chi connectivity index (χ4n) is 5.04. The molecule has 0 aromatic heterocycles. The summed E-state index contributed by atoms with van der Waals surface area (Å²) >= 11 is 3.58. The maximum atomic E-state index is 13.8. The van der Waals surface area contributed by atoms with Crippen molar-refractivity contribution in [2.75, 3.05) is 14.2 Å². The Kier molecular flexibility index (Phi) is 7.88. The van der Waals surface area contributed by atoms with E-state index in [1.54, 1.807) is 14.2 Å². The lowest BCUT2D eigenvalue weighted by Gasteiger charge is -2.37. The molecular formula is C29H32BrNO5. The highest BCUT2D eigenvalue weighted by molar-refractivity contribution is 9.10. The maximum absolute atomic E-state index is 13.8. The van der Waals surface area contributed by atoms with E-state index in [4.69, 9.17) is 14.2 Å². The zero-order valence-electron chi connectivity index (χ0n) is 21.3. The van der Waals surface area contributed by atoms with Crippen LogP contribution >= 0.6 is 15.9 Å². The standard InChI is InChI=1S/C29H32BrNO5/c1-6-16(2)36-29(33)25-17(3)31-22-13-19(18-10-8-7-9-11-18)14-23(32)27(22)26(25)20-12-21(30)28(35-5)24(15-20)34-4/h7-12,15-16,19,26,31H,6,13-14H2,1-5H3. The predicted molar refractivity (Wildman–Crippen MR) is 142 cm³/mol. The molecule has 3 atom stereocenters. The largest absolute Gasteiger partial charge is 0.493 e. The Balaban J connectivity index is 1.86. The van der Waals surface area contributed by atoms with Crippen LogP contribution in [-0.4, -0.2) is 32.1 Å². The molecule has 1 N–H and O–H groups in total. The molecule has 4 rings (SSSR count). The zero-order chi connectivity index (χ0) is 26.0. The molecule has 1 aliphatic heterocycles. The van der Waals surface area contributed by atoms with Crippen LogP contribution in [0.1, 0.15) is 63.0 Å². The van der Waals surface area contributed by atoms with Gasteiger partial charge in [-0.15, -0.1) is 0 Å². The van der Waals surface area contributed by atoms with Crippen molar-refractivity contribution >= 4 is 27.7 Å². The predicted octanol–water partition coefficient (Wildman–Crippen LogP) is 6.17. The fraction of sp³-hybridized carbons (Fsp3) is 0.379. The fourth-order valence-corrected chi connectivity index (χ4v) is 5.66. The average molecular weight is 554 g/mol. The second-order valence-corrected chi connectivity index (χ2v) is 10.1. The van der Waals surface area contributed by atoms with Crippen LogP contribution in [0, 0.1) is 0 Å². The summed E-state index contributed by atoms with van der Waals surface area (Å²) in [5, 5.41) is 3.41. The molecule has 1 aliphatic carbocycles. The molecule has 2 aromatic rings. The first-order valence-electron chi connectivity index (χ1n) is 12.2. The van der Waals surface area contributed by atoms with Crippen LogP contribution in [0.2, 0.25) is 0 Å². The minimum Gasteiger partial charge on any atom is -0.493 e. The van der Waals surface area contributed by atoms with Gasteiger partial charge in [0.25, 0.3) is 0 Å². The van der Waals surface area contributed by atoms with Crippen molar-refractivity contribution in [2.45, 2.75) is 58.0 Å². The number of Topliss-reactive ketones (excluding diaryl/α,β-unsaturated/α-hetero) is 1. The number of hydrogen-bond donors (Lipinski definition) is 1. The topological polar surface area (TPSA) is 73.9 Å². The van der Waals surface area contributed by atoms with E-state index in [2.05, 4.69) is 33.4 Å². The van der Waals surface area contributed by atoms with Crippen molar-refractivity contribution in [1.29, 1.82) is 0 Å². The number of carbonyl (C=O) groups is 2. The second-order valence-electron chi connectivity index (χ2n) is 9.29. The Morgan fingerprint density at radius 1 is 1.11 bits per heavy atom. The lowest BCUT2D eigenvalue weighted by molar-refractivity contribution is -0.144. The highest BCUT2D eigenvalue weighted by atomic mass is 79.9. The Hall–Kier alpha value is -3.06. The molecule has 3 unspecified atom stereocenters. The summed E-state index contributed by atoms with van der Waals surface area (Å²) in [6.07, 6.45) is 1.52. The molecule has 0 bridgehead atoms. The Morgan fingerprint density at radius 3 is 2.47 bits per heavy atom. The number of hydrogen-bond acceptors (Lipinski definition) is 6. The van der Waals surface area contributed by atoms with Gasteiger partial charge in [0.05, 0.1) is 30.4 Å². The van der Waals surface area contributed by atoms with Gasteiger partial charge in [0.1, 0.15) is 0 Å². The van der Waals surface area contributed by atoms with Crippen molar-refractivity contribution in [3.8, 4) is 11.5 Å². The molecule has 2 aromatic carbocycles. The van der Waals surface area contributed by atoms with Gasteiger partial charge in [-0.25, -0.2) is 4.79 Å². The Bertz CT molecular complexity index is 1230. The first-order chi connectivity index (χ1) is 17.3. The summed E-state index contributed by atoms with van der Waals surface area (Å²) in [7, 11) is 3.14. The van der Waals surface area contributed by atoms with Crippen molar-refractivity contribution in [2.24, 2.45) is 0 Å². The Morgan fingerprint density at radius 2 is 1.83 bits per heavy atom. The number of ketones is 1. The minimum absolute atomic E-state index is 0.0230. The number of allylic oxidation sites excluding steroid dienone is 3. The third-order valence-electron chi connectivity index (χ3n) is 6.99. The third kappa shape index (κ3) is 4.94. The van der Waals surface area contributed by atoms with E-state index in [0.717, 1.165) is 16.8 Å². The molecule has 1 heterocycles. The van der Waals surface area contributed by atoms with Crippen LogP contribution in [-0.2, 0) is 14.3 Å². The number of halogens is 1. The molecule has 0 saturated carbocycles. The number of dihydropyridines is 1. The summed E-state index contributed by atoms with van der Waals surface area (Å²) in [5.41, 5.74) is 4.50. The highest BCUT2D eigenvalue weighted by Gasteiger charge is 2.42. The summed E-state index contributed by atoms with van der Waals surface area (Å²) < 4.78 is 17.5. The SMILES string of the molecule is CCC(C)OC(=O)C1=C(C)NC2=C(C(=O)CC(c3ccccc3)C2)C1c1cc(Br)c(OC)c(OC)c1. The number of ether oxygens (including phenoxy) is 3. The van der Waals surface area contributed by atoms with Gasteiger partial charge in [0.2, 0.25) is 0 Å². The maximum Gasteiger partial charge on any atom is 0.337 e. The van der Waals surface area contributed by atoms with E-state index < -0.39 is 11.9 Å². The molecule has 7 heteroatoms. The van der Waals surface area contributed by atoms with Crippen molar-refractivity contribution in [3.05, 3.63) is 80.6 Å². The van der Waals surface area contributed by atoms with Crippen molar-refractivity contribution < 1.29 is 23.8 Å². The first kappa shape index (κ1) is 26.0. The van der Waals surface area contributed by atoms with Crippen LogP contribution in [0.4, 0.5) is 0 Å². The molecule has 190 valence electrons. The smallest absolute Gasteiger partial charge is 0.337 e. The van der Waals surface area contributed by atoms with Crippen molar-refractivity contribution in [1.82, 2.24) is 5.32 Å². The number of nitrogens with one attached hydrogen (secondary N) is 1. The number of methoxy groups -OCH3 is 2. The average Bonchev–Trinajstić information content (AvgIpc) is 2.87. The lowest BCUT2D eigenvalue weighted by Crippen LogP contribution is -2.36. The van der Waals surface area contributed by atoms with Crippen LogP contribution in [0.3, 0.4) is 0 Å². The number of carbonyl (C=O) groups excluding carboxylic acids is 2. The van der Waals surface area contributed by atoms with Crippen LogP contribution in [0.15, 0.2) is 69.5 Å². The zero-order valence-corrected chi connectivity index (χ0v) is 22.9. The molecular weight excluding hydrogens is 522 g/mol. The first-order valence-corrected chi connectivity index (χ1v) is 13.0. The van der Waals surface area contributed by atoms with Crippen LogP contribution < -0.4 is 14.8 Å². The van der Waals surface area contributed by atoms with E-state index in [9.17, 15) is 9.59 Å². The molecule has 0 amide bonds. The van der Waals surface area contributed by atoms with Gasteiger partial charge in [-0.1, -0.05) is 37.3 Å². The van der Waals surface area contributed by atoms with Gasteiger partial charge in [0, 0.05) is 29.3 Å². The Labute approximate surface area is 220 Å². The molecule has 0 saturated heterocycles. The van der Waals surface area contributed by atoms with Gasteiger partial charge in [0.15, 0.2) is 17.3 Å². The van der Waals surface area contributed by atoms with Gasteiger partial charge < -0.3 is 19.5 Å². The molecule has 0 spiro atoms. The molecule has 2 aliphatic rings. The summed E-state index contributed by atoms with van der Waals surface area (Å²) in [6.45, 7) is 5.71. The quantitative estimate of drug-likeness (QED) is 0.413. The molecule has 0 fully saturated rings. The second kappa shape index (κ2) is 10.9. The number of benzene rings is 2. The normalized spacial score (nSPS) is 20.4. The summed E-state index contributed by atoms with van der Waals surface area (Å²) in [5.74, 6) is 0.153. The summed E-state index contributed by atoms with van der Waals surface area (Å²) in [6, 6.07) is 13.8. The molecule has 0 radical (unpaired) electrons. The van der Waals surface area contributed by atoms with E-state index in [-0.39, 0.29) is 17.8 Å². The molecule has 6 nitrogen and oxygen atoms in total. The minimum atomic E-state index is -0.585. The van der Waals surface area contributed by atoms with E-state index >= 15 is 0 Å². The van der Waals surface area contributed by atoms with E-state index in [1.807, 2.05) is 51.1 Å². The van der Waals surface area contributed by atoms with Gasteiger partial charge in [-0.3, -0.25) is 4.79 Å². The van der Waals surface area contributed by atoms with Gasteiger partial charge in [-0.05, 0) is 71.8 Å². The van der Waals surface area contributed by atoms with E-state index in [0.29, 0.717) is 52.1 Å². The monoisotopic (exact) mass is 553 g/mol. The molecule has 36 heavy (non-hydrogen) atoms. The summed E-state index contributed by atoms with van der Waals surface area (Å²) in [4.78, 5) is 27.2. The number of rotatable bonds is 7. The van der Waals surface area contributed by atoms with Gasteiger partial charge >= 0.3 is 5.97 Å². The van der Waals surface area contributed by atoms with Crippen LogP contribution in [0.5, 0.6) is 11.5 Å². The van der Waals surface area contributed by atoms with Crippen molar-refractivity contribution in [3.63, 3.8) is 0 Å². The highest BCUT2D eigenvalue weighted by Crippen LogP contribution is 2.48. The lowest BCUT2D eigenvalue weighted by atomic mass is 9.71.